The average molecular weight is 642 g/mol. The third-order valence-electron chi connectivity index (χ3n) is 8.03. The van der Waals surface area contributed by atoms with Crippen LogP contribution in [-0.2, 0) is 32.6 Å². The van der Waals surface area contributed by atoms with Gasteiger partial charge < -0.3 is 15.0 Å². The summed E-state index contributed by atoms with van der Waals surface area (Å²) in [6.45, 7) is 7.14. The number of benzene rings is 4. The Balaban J connectivity index is 1.83. The van der Waals surface area contributed by atoms with E-state index in [-0.39, 0.29) is 29.8 Å². The average Bonchev–Trinajstić information content (AvgIpc) is 3.06. The first kappa shape index (κ1) is 34.2. The van der Waals surface area contributed by atoms with Crippen LogP contribution in [0.15, 0.2) is 108 Å². The fraction of sp³-hybridized carbons (Fsp3) is 0.297. The molecule has 2 atom stereocenters. The number of aryl methyl sites for hydroxylation is 2. The number of hydrogen-bond donors (Lipinski definition) is 1. The van der Waals surface area contributed by atoms with E-state index in [9.17, 15) is 18.0 Å². The van der Waals surface area contributed by atoms with Crippen LogP contribution in [-0.4, -0.2) is 50.9 Å². The normalized spacial score (nSPS) is 12.5. The lowest BCUT2D eigenvalue weighted by atomic mass is 10.0. The fourth-order valence-corrected chi connectivity index (χ4v) is 6.64. The maximum absolute atomic E-state index is 14.6. The van der Waals surface area contributed by atoms with Gasteiger partial charge in [-0.1, -0.05) is 85.3 Å². The third kappa shape index (κ3) is 8.54. The molecule has 0 bridgehead atoms. The quantitative estimate of drug-likeness (QED) is 0.181. The van der Waals surface area contributed by atoms with Gasteiger partial charge in [0.05, 0.1) is 17.7 Å². The standard InChI is InChI=1S/C37H43N3O5S/c1-6-29(4)38-37(42)35(24-30-14-8-7-9-15-30)39(25-31-16-12-17-32(23-31)45-5)36(41)26-40(34-18-11-10-13-28(34)3)46(43,44)33-21-19-27(2)20-22-33/h7-23,29,35H,6,24-26H2,1-5H3,(H,38,42)/t29-,35+/m0/s1. The van der Waals surface area contributed by atoms with Crippen molar-refractivity contribution in [2.45, 2.75) is 64.1 Å². The van der Waals surface area contributed by atoms with E-state index in [1.807, 2.05) is 88.4 Å². The predicted molar refractivity (Wildman–Crippen MR) is 182 cm³/mol. The molecule has 0 aromatic heterocycles. The second-order valence-electron chi connectivity index (χ2n) is 11.5. The molecule has 0 radical (unpaired) electrons. The number of amides is 2. The lowest BCUT2D eigenvalue weighted by Gasteiger charge is -2.34. The van der Waals surface area contributed by atoms with Gasteiger partial charge in [-0.15, -0.1) is 0 Å². The number of nitrogens with one attached hydrogen (secondary N) is 1. The van der Waals surface area contributed by atoms with Crippen LogP contribution in [0.25, 0.3) is 0 Å². The Hall–Kier alpha value is -4.63. The molecule has 0 saturated carbocycles. The van der Waals surface area contributed by atoms with Gasteiger partial charge in [-0.25, -0.2) is 8.42 Å². The van der Waals surface area contributed by atoms with Crippen LogP contribution in [0.1, 0.15) is 42.5 Å². The van der Waals surface area contributed by atoms with E-state index in [0.29, 0.717) is 23.4 Å². The summed E-state index contributed by atoms with van der Waals surface area (Å²) in [4.78, 5) is 30.2. The molecule has 0 fully saturated rings. The Bertz CT molecular complexity index is 1730. The number of hydrogen-bond acceptors (Lipinski definition) is 5. The number of nitrogens with zero attached hydrogens (tertiary/aromatic N) is 2. The van der Waals surface area contributed by atoms with Gasteiger partial charge in [-0.3, -0.25) is 13.9 Å². The number of sulfonamides is 1. The molecule has 0 saturated heterocycles. The van der Waals surface area contributed by atoms with Crippen molar-refractivity contribution in [2.75, 3.05) is 18.0 Å². The number of para-hydroxylation sites is 1. The molecule has 9 heteroatoms. The monoisotopic (exact) mass is 641 g/mol. The van der Waals surface area contributed by atoms with Gasteiger partial charge in [0.1, 0.15) is 18.3 Å². The second-order valence-corrected chi connectivity index (χ2v) is 13.4. The summed E-state index contributed by atoms with van der Waals surface area (Å²) in [5, 5.41) is 3.06. The van der Waals surface area contributed by atoms with E-state index < -0.39 is 28.5 Å². The van der Waals surface area contributed by atoms with Crippen LogP contribution in [0.3, 0.4) is 0 Å². The van der Waals surface area contributed by atoms with Crippen molar-refractivity contribution < 1.29 is 22.7 Å². The fourth-order valence-electron chi connectivity index (χ4n) is 5.16. The molecular formula is C37H43N3O5S. The highest BCUT2D eigenvalue weighted by atomic mass is 32.2. The lowest BCUT2D eigenvalue weighted by Crippen LogP contribution is -2.54. The summed E-state index contributed by atoms with van der Waals surface area (Å²) in [5.41, 5.74) is 3.62. The van der Waals surface area contributed by atoms with Gasteiger partial charge in [0.15, 0.2) is 0 Å². The molecule has 0 aliphatic carbocycles. The largest absolute Gasteiger partial charge is 0.497 e. The summed E-state index contributed by atoms with van der Waals surface area (Å²) in [6, 6.07) is 29.4. The van der Waals surface area contributed by atoms with Crippen molar-refractivity contribution in [1.82, 2.24) is 10.2 Å². The van der Waals surface area contributed by atoms with Crippen LogP contribution in [0.4, 0.5) is 5.69 Å². The molecule has 0 aliphatic heterocycles. The van der Waals surface area contributed by atoms with Crippen LogP contribution < -0.4 is 14.4 Å². The van der Waals surface area contributed by atoms with Crippen molar-refractivity contribution in [1.29, 1.82) is 0 Å². The summed E-state index contributed by atoms with van der Waals surface area (Å²) in [7, 11) is -2.60. The number of methoxy groups -OCH3 is 1. The Morgan fingerprint density at radius 2 is 1.50 bits per heavy atom. The summed E-state index contributed by atoms with van der Waals surface area (Å²) in [5.74, 6) is -0.211. The van der Waals surface area contributed by atoms with Crippen molar-refractivity contribution in [3.8, 4) is 5.75 Å². The SMILES string of the molecule is CC[C@H](C)NC(=O)[C@@H](Cc1ccccc1)N(Cc1cccc(OC)c1)C(=O)CN(c1ccccc1C)S(=O)(=O)c1ccc(C)cc1. The highest BCUT2D eigenvalue weighted by Crippen LogP contribution is 2.28. The molecule has 4 aromatic carbocycles. The van der Waals surface area contributed by atoms with E-state index in [4.69, 9.17) is 4.74 Å². The van der Waals surface area contributed by atoms with Crippen molar-refractivity contribution in [2.24, 2.45) is 0 Å². The zero-order valence-corrected chi connectivity index (χ0v) is 28.0. The van der Waals surface area contributed by atoms with Gasteiger partial charge in [-0.2, -0.15) is 0 Å². The number of carbonyl (C=O) groups excluding carboxylic acids is 2. The van der Waals surface area contributed by atoms with Crippen molar-refractivity contribution in [3.63, 3.8) is 0 Å². The van der Waals surface area contributed by atoms with Crippen LogP contribution >= 0.6 is 0 Å². The van der Waals surface area contributed by atoms with E-state index in [0.717, 1.165) is 21.0 Å². The molecular weight excluding hydrogens is 598 g/mol. The lowest BCUT2D eigenvalue weighted by molar-refractivity contribution is -0.140. The number of anilines is 1. The van der Waals surface area contributed by atoms with E-state index in [1.54, 1.807) is 49.6 Å². The number of carbonyl (C=O) groups is 2. The van der Waals surface area contributed by atoms with Crippen molar-refractivity contribution in [3.05, 3.63) is 125 Å². The van der Waals surface area contributed by atoms with Crippen LogP contribution in [0.2, 0.25) is 0 Å². The molecule has 0 unspecified atom stereocenters. The molecule has 4 aromatic rings. The minimum atomic E-state index is -4.17. The minimum Gasteiger partial charge on any atom is -0.497 e. The molecule has 46 heavy (non-hydrogen) atoms. The van der Waals surface area contributed by atoms with Gasteiger partial charge in [0.25, 0.3) is 10.0 Å². The molecule has 0 spiro atoms. The smallest absolute Gasteiger partial charge is 0.264 e. The topological polar surface area (TPSA) is 96.0 Å². The molecule has 2 amide bonds. The zero-order valence-electron chi connectivity index (χ0n) is 27.1. The van der Waals surface area contributed by atoms with Gasteiger partial charge in [-0.05, 0) is 74.2 Å². The molecule has 242 valence electrons. The maximum atomic E-state index is 14.6. The summed E-state index contributed by atoms with van der Waals surface area (Å²) in [6.07, 6.45) is 0.956. The zero-order chi connectivity index (χ0) is 33.3. The first-order chi connectivity index (χ1) is 22.0. The van der Waals surface area contributed by atoms with Gasteiger partial charge >= 0.3 is 0 Å². The first-order valence-corrected chi connectivity index (χ1v) is 16.9. The number of ether oxygens (including phenoxy) is 1. The maximum Gasteiger partial charge on any atom is 0.264 e. The van der Waals surface area contributed by atoms with Crippen LogP contribution in [0.5, 0.6) is 5.75 Å². The Labute approximate surface area is 273 Å². The highest BCUT2D eigenvalue weighted by molar-refractivity contribution is 7.92. The van der Waals surface area contributed by atoms with Crippen molar-refractivity contribution >= 4 is 27.5 Å². The van der Waals surface area contributed by atoms with Gasteiger partial charge in [0.2, 0.25) is 11.8 Å². The highest BCUT2D eigenvalue weighted by Gasteiger charge is 2.35. The molecule has 1 N–H and O–H groups in total. The molecule has 8 nitrogen and oxygen atoms in total. The molecule has 0 heterocycles. The Morgan fingerprint density at radius 3 is 2.15 bits per heavy atom. The molecule has 0 aliphatic rings. The van der Waals surface area contributed by atoms with Crippen LogP contribution in [0, 0.1) is 13.8 Å². The van der Waals surface area contributed by atoms with E-state index in [2.05, 4.69) is 5.32 Å². The predicted octanol–water partition coefficient (Wildman–Crippen LogP) is 6.06. The minimum absolute atomic E-state index is 0.0631. The van der Waals surface area contributed by atoms with Gasteiger partial charge in [0, 0.05) is 19.0 Å². The Morgan fingerprint density at radius 1 is 0.848 bits per heavy atom. The van der Waals surface area contributed by atoms with E-state index >= 15 is 0 Å². The second kappa shape index (κ2) is 15.6. The van der Waals surface area contributed by atoms with E-state index in [1.165, 1.54) is 4.90 Å². The summed E-state index contributed by atoms with van der Waals surface area (Å²) >= 11 is 0. The molecule has 4 rings (SSSR count). The third-order valence-corrected chi connectivity index (χ3v) is 9.81. The Kier molecular flexibility index (Phi) is 11.6. The first-order valence-electron chi connectivity index (χ1n) is 15.4. The number of rotatable bonds is 14. The summed E-state index contributed by atoms with van der Waals surface area (Å²) < 4.78 is 35.1.